The van der Waals surface area contributed by atoms with Crippen molar-refractivity contribution < 1.29 is 4.74 Å². The van der Waals surface area contributed by atoms with Crippen LogP contribution in [0.3, 0.4) is 0 Å². The largest absolute Gasteiger partial charge is 0.453 e. The Bertz CT molecular complexity index is 714. The van der Waals surface area contributed by atoms with Crippen molar-refractivity contribution in [1.29, 1.82) is 0 Å². The van der Waals surface area contributed by atoms with Crippen LogP contribution in [0.5, 0.6) is 11.5 Å². The highest BCUT2D eigenvalue weighted by Crippen LogP contribution is 2.40. The standard InChI is InChI=1S/C14H10Cl2N2OS/c1-8-7-20-14(16)12(8)13-11(6-17-18-13)19-10-4-2-9(15)3-5-10/h2-7H,1H3,(H,17,18). The van der Waals surface area contributed by atoms with Crippen molar-refractivity contribution in [3.8, 4) is 22.8 Å². The van der Waals surface area contributed by atoms with Gasteiger partial charge in [0.1, 0.15) is 15.8 Å². The molecule has 0 spiro atoms. The van der Waals surface area contributed by atoms with E-state index in [2.05, 4.69) is 10.2 Å². The second kappa shape index (κ2) is 5.48. The molecule has 1 N–H and O–H groups in total. The fraction of sp³-hybridized carbons (Fsp3) is 0.0714. The number of nitrogens with one attached hydrogen (secondary N) is 1. The monoisotopic (exact) mass is 324 g/mol. The summed E-state index contributed by atoms with van der Waals surface area (Å²) in [5.74, 6) is 1.33. The maximum Gasteiger partial charge on any atom is 0.173 e. The van der Waals surface area contributed by atoms with Crippen LogP contribution < -0.4 is 4.74 Å². The molecule has 0 fully saturated rings. The second-order valence-corrected chi connectivity index (χ2v) is 6.15. The highest BCUT2D eigenvalue weighted by atomic mass is 35.5. The van der Waals surface area contributed by atoms with Gasteiger partial charge in [-0.2, -0.15) is 5.10 Å². The molecular weight excluding hydrogens is 315 g/mol. The van der Waals surface area contributed by atoms with Gasteiger partial charge in [0.2, 0.25) is 0 Å². The predicted octanol–water partition coefficient (Wildman–Crippen LogP) is 5.55. The molecule has 20 heavy (non-hydrogen) atoms. The minimum Gasteiger partial charge on any atom is -0.453 e. The van der Waals surface area contributed by atoms with Gasteiger partial charge in [-0.05, 0) is 42.1 Å². The lowest BCUT2D eigenvalue weighted by Crippen LogP contribution is -1.86. The first kappa shape index (κ1) is 13.5. The van der Waals surface area contributed by atoms with E-state index in [1.807, 2.05) is 12.3 Å². The summed E-state index contributed by atoms with van der Waals surface area (Å²) in [7, 11) is 0. The molecule has 3 rings (SSSR count). The number of hydrogen-bond donors (Lipinski definition) is 1. The van der Waals surface area contributed by atoms with Crippen LogP contribution >= 0.6 is 34.5 Å². The number of aromatic amines is 1. The van der Waals surface area contributed by atoms with E-state index in [0.717, 1.165) is 16.8 Å². The van der Waals surface area contributed by atoms with Gasteiger partial charge >= 0.3 is 0 Å². The summed E-state index contributed by atoms with van der Waals surface area (Å²) >= 11 is 13.6. The van der Waals surface area contributed by atoms with Crippen LogP contribution in [0.25, 0.3) is 11.3 Å². The zero-order valence-electron chi connectivity index (χ0n) is 10.5. The number of benzene rings is 1. The van der Waals surface area contributed by atoms with Gasteiger partial charge in [-0.1, -0.05) is 23.2 Å². The van der Waals surface area contributed by atoms with Crippen molar-refractivity contribution in [3.63, 3.8) is 0 Å². The van der Waals surface area contributed by atoms with Crippen molar-refractivity contribution in [2.75, 3.05) is 0 Å². The lowest BCUT2D eigenvalue weighted by molar-refractivity contribution is 0.484. The molecular formula is C14H10Cl2N2OS. The first-order valence-electron chi connectivity index (χ1n) is 5.86. The van der Waals surface area contributed by atoms with Crippen LogP contribution in [0.1, 0.15) is 5.56 Å². The van der Waals surface area contributed by atoms with Crippen molar-refractivity contribution in [2.24, 2.45) is 0 Å². The molecule has 102 valence electrons. The molecule has 0 bridgehead atoms. The third kappa shape index (κ3) is 2.54. The molecule has 2 aromatic heterocycles. The van der Waals surface area contributed by atoms with E-state index in [0.29, 0.717) is 20.9 Å². The lowest BCUT2D eigenvalue weighted by atomic mass is 10.1. The number of thiophene rings is 1. The number of ether oxygens (including phenoxy) is 1. The zero-order valence-corrected chi connectivity index (χ0v) is 12.8. The second-order valence-electron chi connectivity index (χ2n) is 4.23. The van der Waals surface area contributed by atoms with E-state index in [9.17, 15) is 0 Å². The van der Waals surface area contributed by atoms with E-state index in [1.54, 1.807) is 30.5 Å². The number of aromatic nitrogens is 2. The minimum atomic E-state index is 0.635. The molecule has 0 saturated carbocycles. The number of aryl methyl sites for hydroxylation is 1. The van der Waals surface area contributed by atoms with Crippen LogP contribution in [0, 0.1) is 6.92 Å². The molecule has 1 aromatic carbocycles. The van der Waals surface area contributed by atoms with E-state index < -0.39 is 0 Å². The van der Waals surface area contributed by atoms with Crippen LogP contribution in [0.2, 0.25) is 9.36 Å². The highest BCUT2D eigenvalue weighted by Gasteiger charge is 2.16. The van der Waals surface area contributed by atoms with Crippen LogP contribution in [0.15, 0.2) is 35.8 Å². The molecule has 0 aliphatic heterocycles. The lowest BCUT2D eigenvalue weighted by Gasteiger charge is -2.06. The van der Waals surface area contributed by atoms with E-state index in [-0.39, 0.29) is 0 Å². The summed E-state index contributed by atoms with van der Waals surface area (Å²) in [6.45, 7) is 2.00. The Kier molecular flexibility index (Phi) is 3.70. The van der Waals surface area contributed by atoms with Crippen molar-refractivity contribution in [1.82, 2.24) is 10.2 Å². The van der Waals surface area contributed by atoms with Crippen molar-refractivity contribution in [2.45, 2.75) is 6.92 Å². The molecule has 0 unspecified atom stereocenters. The summed E-state index contributed by atoms with van der Waals surface area (Å²) in [6, 6.07) is 7.17. The van der Waals surface area contributed by atoms with Gasteiger partial charge in [0, 0.05) is 10.6 Å². The fourth-order valence-corrected chi connectivity index (χ4v) is 3.15. The van der Waals surface area contributed by atoms with Gasteiger partial charge in [0.05, 0.1) is 6.20 Å². The minimum absolute atomic E-state index is 0.635. The maximum absolute atomic E-state index is 6.23. The normalized spacial score (nSPS) is 10.8. The summed E-state index contributed by atoms with van der Waals surface area (Å²) in [5.41, 5.74) is 2.80. The molecule has 0 atom stereocenters. The third-order valence-corrected chi connectivity index (χ3v) is 4.42. The van der Waals surface area contributed by atoms with Crippen molar-refractivity contribution >= 4 is 34.5 Å². The number of rotatable bonds is 3. The van der Waals surface area contributed by atoms with E-state index in [1.165, 1.54) is 11.3 Å². The Balaban J connectivity index is 1.97. The molecule has 3 nitrogen and oxygen atoms in total. The molecule has 0 saturated heterocycles. The smallest absolute Gasteiger partial charge is 0.173 e. The number of halogens is 2. The molecule has 3 aromatic rings. The topological polar surface area (TPSA) is 37.9 Å². The zero-order chi connectivity index (χ0) is 14.1. The summed E-state index contributed by atoms with van der Waals surface area (Å²) in [6.07, 6.45) is 1.64. The number of nitrogens with zero attached hydrogens (tertiary/aromatic N) is 1. The molecule has 0 radical (unpaired) electrons. The van der Waals surface area contributed by atoms with E-state index >= 15 is 0 Å². The SMILES string of the molecule is Cc1csc(Cl)c1-c1[nH]ncc1Oc1ccc(Cl)cc1. The molecule has 0 aliphatic rings. The quantitative estimate of drug-likeness (QED) is 0.686. The van der Waals surface area contributed by atoms with Crippen LogP contribution in [0.4, 0.5) is 0 Å². The summed E-state index contributed by atoms with van der Waals surface area (Å²) in [5, 5.41) is 9.66. The predicted molar refractivity (Wildman–Crippen MR) is 83.2 cm³/mol. The number of H-pyrrole nitrogens is 1. The van der Waals surface area contributed by atoms with Gasteiger partial charge in [0.25, 0.3) is 0 Å². The Hall–Kier alpha value is -1.49. The fourth-order valence-electron chi connectivity index (χ4n) is 1.87. The Morgan fingerprint density at radius 2 is 1.95 bits per heavy atom. The highest BCUT2D eigenvalue weighted by molar-refractivity contribution is 7.15. The van der Waals surface area contributed by atoms with Crippen LogP contribution in [-0.4, -0.2) is 10.2 Å². The average molecular weight is 325 g/mol. The maximum atomic E-state index is 6.23. The Morgan fingerprint density at radius 3 is 2.60 bits per heavy atom. The summed E-state index contributed by atoms with van der Waals surface area (Å²) in [4.78, 5) is 0. The first-order chi connectivity index (χ1) is 9.65. The van der Waals surface area contributed by atoms with Gasteiger partial charge in [-0.15, -0.1) is 11.3 Å². The average Bonchev–Trinajstić information content (AvgIpc) is 2.99. The van der Waals surface area contributed by atoms with Crippen LogP contribution in [-0.2, 0) is 0 Å². The van der Waals surface area contributed by atoms with Crippen molar-refractivity contribution in [3.05, 3.63) is 50.8 Å². The first-order valence-corrected chi connectivity index (χ1v) is 7.49. The Morgan fingerprint density at radius 1 is 1.20 bits per heavy atom. The number of hydrogen-bond acceptors (Lipinski definition) is 3. The van der Waals surface area contributed by atoms with Gasteiger partial charge in [-0.3, -0.25) is 5.10 Å². The molecule has 2 heterocycles. The Labute approximate surface area is 130 Å². The summed E-state index contributed by atoms with van der Waals surface area (Å²) < 4.78 is 6.55. The van der Waals surface area contributed by atoms with Gasteiger partial charge < -0.3 is 4.74 Å². The van der Waals surface area contributed by atoms with E-state index in [4.69, 9.17) is 27.9 Å². The molecule has 0 aliphatic carbocycles. The molecule has 0 amide bonds. The van der Waals surface area contributed by atoms with Gasteiger partial charge in [-0.25, -0.2) is 0 Å². The van der Waals surface area contributed by atoms with Gasteiger partial charge in [0.15, 0.2) is 5.75 Å². The molecule has 6 heteroatoms. The third-order valence-electron chi connectivity index (χ3n) is 2.83.